The van der Waals surface area contributed by atoms with Crippen LogP contribution in [0.1, 0.15) is 31.9 Å². The Morgan fingerprint density at radius 2 is 1.89 bits per heavy atom. The SMILES string of the molecule is C.COC(=O)CC(O)CC(O)c1ccc(F)cc1. The number of esters is 1. The molecule has 0 aromatic heterocycles. The molecule has 5 heteroatoms. The van der Waals surface area contributed by atoms with Crippen molar-refractivity contribution < 1.29 is 24.1 Å². The molecule has 0 saturated heterocycles. The van der Waals surface area contributed by atoms with Crippen LogP contribution in [0.15, 0.2) is 24.3 Å². The number of hydrogen-bond acceptors (Lipinski definition) is 4. The number of benzene rings is 1. The van der Waals surface area contributed by atoms with Crippen molar-refractivity contribution in [3.05, 3.63) is 35.6 Å². The molecule has 0 heterocycles. The molecule has 2 unspecified atom stereocenters. The summed E-state index contributed by atoms with van der Waals surface area (Å²) in [6.07, 6.45) is -2.09. The first-order valence-electron chi connectivity index (χ1n) is 5.21. The molecule has 18 heavy (non-hydrogen) atoms. The van der Waals surface area contributed by atoms with Crippen LogP contribution in [0.3, 0.4) is 0 Å². The Bertz CT molecular complexity index is 364. The minimum atomic E-state index is -0.984. The molecule has 2 N–H and O–H groups in total. The van der Waals surface area contributed by atoms with Crippen LogP contribution in [-0.4, -0.2) is 29.4 Å². The van der Waals surface area contributed by atoms with Gasteiger partial charge in [-0.15, -0.1) is 0 Å². The van der Waals surface area contributed by atoms with Gasteiger partial charge in [0.05, 0.1) is 25.7 Å². The van der Waals surface area contributed by atoms with E-state index < -0.39 is 24.0 Å². The summed E-state index contributed by atoms with van der Waals surface area (Å²) in [6, 6.07) is 5.33. The van der Waals surface area contributed by atoms with E-state index in [1.807, 2.05) is 0 Å². The number of aliphatic hydroxyl groups excluding tert-OH is 2. The summed E-state index contributed by atoms with van der Waals surface area (Å²) in [4.78, 5) is 10.9. The normalized spacial score (nSPS) is 13.3. The molecule has 1 aromatic carbocycles. The minimum Gasteiger partial charge on any atom is -0.469 e. The highest BCUT2D eigenvalue weighted by Crippen LogP contribution is 2.19. The van der Waals surface area contributed by atoms with Crippen molar-refractivity contribution in [3.63, 3.8) is 0 Å². The lowest BCUT2D eigenvalue weighted by Gasteiger charge is -2.15. The molecule has 0 fully saturated rings. The monoisotopic (exact) mass is 258 g/mol. The second-order valence-electron chi connectivity index (χ2n) is 3.74. The summed E-state index contributed by atoms with van der Waals surface area (Å²) < 4.78 is 17.0. The molecule has 1 aromatic rings. The third-order valence-corrected chi connectivity index (χ3v) is 2.38. The molecule has 0 amide bonds. The fourth-order valence-corrected chi connectivity index (χ4v) is 1.44. The molecule has 2 atom stereocenters. The molecular formula is C13H19FO4. The standard InChI is InChI=1S/C12H15FO4.CH4/c1-17-12(16)7-10(14)6-11(15)8-2-4-9(13)5-3-8;/h2-5,10-11,14-15H,6-7H2,1H3;1H4. The quantitative estimate of drug-likeness (QED) is 0.790. The van der Waals surface area contributed by atoms with Gasteiger partial charge >= 0.3 is 5.97 Å². The van der Waals surface area contributed by atoms with Crippen LogP contribution in [0.5, 0.6) is 0 Å². The predicted octanol–water partition coefficient (Wildman–Crippen LogP) is 1.81. The highest BCUT2D eigenvalue weighted by molar-refractivity contribution is 5.69. The van der Waals surface area contributed by atoms with E-state index in [0.717, 1.165) is 0 Å². The predicted molar refractivity (Wildman–Crippen MR) is 65.3 cm³/mol. The van der Waals surface area contributed by atoms with E-state index in [9.17, 15) is 19.4 Å². The Labute approximate surface area is 106 Å². The fraction of sp³-hybridized carbons (Fsp3) is 0.462. The molecule has 0 saturated carbocycles. The van der Waals surface area contributed by atoms with Crippen LogP contribution in [0.25, 0.3) is 0 Å². The first kappa shape index (κ1) is 16.5. The van der Waals surface area contributed by atoms with Crippen molar-refractivity contribution in [1.82, 2.24) is 0 Å². The average Bonchev–Trinajstić information content (AvgIpc) is 2.29. The van der Waals surface area contributed by atoms with E-state index in [-0.39, 0.29) is 20.3 Å². The Hall–Kier alpha value is -1.46. The van der Waals surface area contributed by atoms with Crippen LogP contribution < -0.4 is 0 Å². The molecule has 0 bridgehead atoms. The van der Waals surface area contributed by atoms with Gasteiger partial charge in [-0.25, -0.2) is 4.39 Å². The number of methoxy groups -OCH3 is 1. The molecule has 0 aliphatic rings. The molecular weight excluding hydrogens is 239 g/mol. The third kappa shape index (κ3) is 5.25. The Kier molecular flexibility index (Phi) is 7.16. The van der Waals surface area contributed by atoms with E-state index in [4.69, 9.17) is 0 Å². The number of rotatable bonds is 5. The zero-order valence-corrected chi connectivity index (χ0v) is 9.47. The molecule has 0 aliphatic carbocycles. The highest BCUT2D eigenvalue weighted by Gasteiger charge is 2.17. The first-order chi connectivity index (χ1) is 8.02. The van der Waals surface area contributed by atoms with Crippen molar-refractivity contribution in [2.45, 2.75) is 32.5 Å². The molecule has 4 nitrogen and oxygen atoms in total. The Balaban J connectivity index is 0.00000289. The summed E-state index contributed by atoms with van der Waals surface area (Å²) in [5.41, 5.74) is 0.496. The topological polar surface area (TPSA) is 66.8 Å². The molecule has 0 spiro atoms. The number of hydrogen-bond donors (Lipinski definition) is 2. The van der Waals surface area contributed by atoms with Crippen LogP contribution >= 0.6 is 0 Å². The van der Waals surface area contributed by atoms with Gasteiger partial charge in [-0.2, -0.15) is 0 Å². The van der Waals surface area contributed by atoms with E-state index in [2.05, 4.69) is 4.74 Å². The largest absolute Gasteiger partial charge is 0.469 e. The van der Waals surface area contributed by atoms with Gasteiger partial charge in [0, 0.05) is 6.42 Å². The van der Waals surface area contributed by atoms with Gasteiger partial charge in [0.2, 0.25) is 0 Å². The van der Waals surface area contributed by atoms with Crippen LogP contribution in [-0.2, 0) is 9.53 Å². The van der Waals surface area contributed by atoms with E-state index in [1.165, 1.54) is 31.4 Å². The Morgan fingerprint density at radius 1 is 1.33 bits per heavy atom. The number of halogens is 1. The van der Waals surface area contributed by atoms with Crippen molar-refractivity contribution in [2.24, 2.45) is 0 Å². The number of carbonyl (C=O) groups excluding carboxylic acids is 1. The zero-order valence-electron chi connectivity index (χ0n) is 9.47. The first-order valence-corrected chi connectivity index (χ1v) is 5.21. The summed E-state index contributed by atoms with van der Waals surface area (Å²) in [6.45, 7) is 0. The fourth-order valence-electron chi connectivity index (χ4n) is 1.44. The lowest BCUT2D eigenvalue weighted by atomic mass is 10.0. The van der Waals surface area contributed by atoms with Gasteiger partial charge < -0.3 is 14.9 Å². The van der Waals surface area contributed by atoms with Crippen molar-refractivity contribution in [3.8, 4) is 0 Å². The summed E-state index contributed by atoms with van der Waals surface area (Å²) in [5.74, 6) is -0.931. The molecule has 0 aliphatic heterocycles. The van der Waals surface area contributed by atoms with Gasteiger partial charge in [-0.3, -0.25) is 4.79 Å². The van der Waals surface area contributed by atoms with Gasteiger partial charge in [0.15, 0.2) is 0 Å². The second kappa shape index (κ2) is 7.79. The van der Waals surface area contributed by atoms with E-state index in [1.54, 1.807) is 0 Å². The van der Waals surface area contributed by atoms with Gasteiger partial charge in [-0.05, 0) is 17.7 Å². The third-order valence-electron chi connectivity index (χ3n) is 2.38. The van der Waals surface area contributed by atoms with E-state index >= 15 is 0 Å². The smallest absolute Gasteiger partial charge is 0.308 e. The molecule has 0 radical (unpaired) electrons. The molecule has 1 rings (SSSR count). The van der Waals surface area contributed by atoms with Gasteiger partial charge in [0.1, 0.15) is 5.82 Å². The number of aliphatic hydroxyl groups is 2. The zero-order chi connectivity index (χ0) is 12.8. The highest BCUT2D eigenvalue weighted by atomic mass is 19.1. The maximum Gasteiger partial charge on any atom is 0.308 e. The van der Waals surface area contributed by atoms with Crippen molar-refractivity contribution >= 4 is 5.97 Å². The summed E-state index contributed by atoms with van der Waals surface area (Å²) in [5, 5.41) is 19.2. The van der Waals surface area contributed by atoms with E-state index in [0.29, 0.717) is 5.56 Å². The summed E-state index contributed by atoms with van der Waals surface area (Å²) >= 11 is 0. The van der Waals surface area contributed by atoms with Crippen LogP contribution in [0.2, 0.25) is 0 Å². The van der Waals surface area contributed by atoms with Gasteiger partial charge in [-0.1, -0.05) is 19.6 Å². The average molecular weight is 258 g/mol. The second-order valence-corrected chi connectivity index (χ2v) is 3.74. The minimum absolute atomic E-state index is 0. The van der Waals surface area contributed by atoms with Crippen LogP contribution in [0.4, 0.5) is 4.39 Å². The number of carbonyl (C=O) groups is 1. The van der Waals surface area contributed by atoms with Crippen molar-refractivity contribution in [1.29, 1.82) is 0 Å². The maximum atomic E-state index is 12.6. The lowest BCUT2D eigenvalue weighted by molar-refractivity contribution is -0.143. The Morgan fingerprint density at radius 3 is 2.39 bits per heavy atom. The molecule has 102 valence electrons. The van der Waals surface area contributed by atoms with Crippen LogP contribution in [0, 0.1) is 5.82 Å². The lowest BCUT2D eigenvalue weighted by Crippen LogP contribution is -2.17. The maximum absolute atomic E-state index is 12.6. The van der Waals surface area contributed by atoms with Crippen molar-refractivity contribution in [2.75, 3.05) is 7.11 Å². The summed E-state index contributed by atoms with van der Waals surface area (Å²) in [7, 11) is 1.23. The number of ether oxygens (including phenoxy) is 1. The van der Waals surface area contributed by atoms with Gasteiger partial charge in [0.25, 0.3) is 0 Å².